The number of rotatable bonds is 4. The fraction of sp³-hybridized carbons (Fsp3) is 0. The average Bonchev–Trinajstić information content (AvgIpc) is 3.11. The first-order valence-electron chi connectivity index (χ1n) is 8.02. The molecule has 0 radical (unpaired) electrons. The Morgan fingerprint density at radius 1 is 1.00 bits per heavy atom. The zero-order valence-electron chi connectivity index (χ0n) is 13.9. The summed E-state index contributed by atoms with van der Waals surface area (Å²) in [6.45, 7) is 0. The van der Waals surface area contributed by atoms with E-state index in [-0.39, 0.29) is 22.7 Å². The molecule has 0 saturated carbocycles. The van der Waals surface area contributed by atoms with E-state index >= 15 is 0 Å². The van der Waals surface area contributed by atoms with Gasteiger partial charge in [-0.05, 0) is 18.2 Å². The van der Waals surface area contributed by atoms with Crippen molar-refractivity contribution in [2.45, 2.75) is 0 Å². The average molecular weight is 359 g/mol. The first-order valence-corrected chi connectivity index (χ1v) is 8.02. The van der Waals surface area contributed by atoms with Gasteiger partial charge in [0.1, 0.15) is 17.5 Å². The molecule has 0 aliphatic rings. The Bertz CT molecular complexity index is 1150. The predicted octanol–water partition coefficient (Wildman–Crippen LogP) is 2.97. The number of hydrogen-bond acceptors (Lipinski definition) is 5. The van der Waals surface area contributed by atoms with E-state index in [1.807, 2.05) is 30.3 Å². The number of carboxylic acids is 1. The van der Waals surface area contributed by atoms with Gasteiger partial charge in [-0.25, -0.2) is 19.7 Å². The molecule has 0 atom stereocenters. The molecule has 2 aromatic carbocycles. The summed E-state index contributed by atoms with van der Waals surface area (Å²) in [5.41, 5.74) is 2.49. The first kappa shape index (κ1) is 16.4. The summed E-state index contributed by atoms with van der Waals surface area (Å²) >= 11 is 0. The van der Waals surface area contributed by atoms with E-state index in [0.29, 0.717) is 11.2 Å². The molecule has 0 bridgehead atoms. The lowest BCUT2D eigenvalue weighted by Gasteiger charge is -2.04. The van der Waals surface area contributed by atoms with Crippen molar-refractivity contribution in [2.24, 2.45) is 0 Å². The smallest absolute Gasteiger partial charge is 0.337 e. The summed E-state index contributed by atoms with van der Waals surface area (Å²) in [7, 11) is 0. The number of carbonyl (C=O) groups excluding carboxylic acids is 1. The molecule has 8 nitrogen and oxygen atoms in total. The third-order valence-electron chi connectivity index (χ3n) is 3.94. The highest BCUT2D eigenvalue weighted by atomic mass is 16.4. The Morgan fingerprint density at radius 2 is 1.81 bits per heavy atom. The van der Waals surface area contributed by atoms with Gasteiger partial charge in [-0.3, -0.25) is 10.1 Å². The zero-order chi connectivity index (χ0) is 18.8. The molecule has 27 heavy (non-hydrogen) atoms. The van der Waals surface area contributed by atoms with Crippen LogP contribution in [0.4, 0.5) is 5.95 Å². The Balaban J connectivity index is 1.62. The van der Waals surface area contributed by atoms with Gasteiger partial charge in [-0.1, -0.05) is 36.4 Å². The summed E-state index contributed by atoms with van der Waals surface area (Å²) in [6, 6.07) is 15.7. The molecule has 0 saturated heterocycles. The number of H-pyrrole nitrogens is 1. The normalized spacial score (nSPS) is 10.7. The number of aromatic nitrogens is 4. The maximum absolute atomic E-state index is 12.5. The lowest BCUT2D eigenvalue weighted by Crippen LogP contribution is -2.15. The molecule has 0 aliphatic carbocycles. The summed E-state index contributed by atoms with van der Waals surface area (Å²) in [5, 5.41) is 11.8. The fourth-order valence-electron chi connectivity index (χ4n) is 2.68. The van der Waals surface area contributed by atoms with E-state index in [2.05, 4.69) is 25.3 Å². The van der Waals surface area contributed by atoms with Crippen molar-refractivity contribution in [2.75, 3.05) is 5.32 Å². The second kappa shape index (κ2) is 6.68. The summed E-state index contributed by atoms with van der Waals surface area (Å²) in [4.78, 5) is 39.0. The number of nitrogens with zero attached hydrogens (tertiary/aromatic N) is 3. The van der Waals surface area contributed by atoms with Gasteiger partial charge in [0.15, 0.2) is 0 Å². The summed E-state index contributed by atoms with van der Waals surface area (Å²) in [5.74, 6) is -1.43. The molecule has 0 unspecified atom stereocenters. The number of carboxylic acid groups (broad SMARTS) is 1. The Morgan fingerprint density at radius 3 is 2.59 bits per heavy atom. The minimum atomic E-state index is -1.09. The van der Waals surface area contributed by atoms with Crippen molar-refractivity contribution >= 4 is 28.9 Å². The van der Waals surface area contributed by atoms with E-state index < -0.39 is 11.9 Å². The quantitative estimate of drug-likeness (QED) is 0.515. The van der Waals surface area contributed by atoms with Crippen molar-refractivity contribution in [1.29, 1.82) is 0 Å². The third-order valence-corrected chi connectivity index (χ3v) is 3.94. The van der Waals surface area contributed by atoms with Crippen LogP contribution in [0.5, 0.6) is 0 Å². The van der Waals surface area contributed by atoms with Gasteiger partial charge in [-0.2, -0.15) is 0 Å². The van der Waals surface area contributed by atoms with Crippen LogP contribution in [-0.2, 0) is 0 Å². The first-order chi connectivity index (χ1) is 13.1. The minimum Gasteiger partial charge on any atom is -0.478 e. The van der Waals surface area contributed by atoms with Gasteiger partial charge in [0, 0.05) is 5.56 Å². The lowest BCUT2D eigenvalue weighted by molar-refractivity contribution is 0.0698. The molecule has 2 heterocycles. The molecule has 3 N–H and O–H groups in total. The predicted molar refractivity (Wildman–Crippen MR) is 98.5 cm³/mol. The highest BCUT2D eigenvalue weighted by Crippen LogP contribution is 2.20. The van der Waals surface area contributed by atoms with Crippen LogP contribution in [-0.4, -0.2) is 36.9 Å². The number of aromatic carboxylic acids is 1. The number of anilines is 1. The van der Waals surface area contributed by atoms with Gasteiger partial charge >= 0.3 is 5.97 Å². The molecule has 132 valence electrons. The van der Waals surface area contributed by atoms with Crippen LogP contribution in [0.25, 0.3) is 22.3 Å². The van der Waals surface area contributed by atoms with Crippen LogP contribution in [0.2, 0.25) is 0 Å². The monoisotopic (exact) mass is 359 g/mol. The highest BCUT2D eigenvalue weighted by Gasteiger charge is 2.15. The Kier molecular flexibility index (Phi) is 4.06. The van der Waals surface area contributed by atoms with E-state index in [0.717, 1.165) is 5.56 Å². The standard InChI is InChI=1S/C19H13N5O3/c25-17(15-9-14(20-10-21-15)11-5-2-1-3-6-11)24-19-22-13-8-4-7-12(18(26)27)16(13)23-19/h1-10H,(H,26,27)(H2,22,23,24,25). The van der Waals surface area contributed by atoms with Crippen LogP contribution in [0, 0.1) is 0 Å². The number of aromatic amines is 1. The Hall–Kier alpha value is -4.07. The van der Waals surface area contributed by atoms with E-state index in [9.17, 15) is 14.7 Å². The van der Waals surface area contributed by atoms with Crippen molar-refractivity contribution in [3.63, 3.8) is 0 Å². The maximum atomic E-state index is 12.5. The van der Waals surface area contributed by atoms with Crippen LogP contribution in [0.15, 0.2) is 60.9 Å². The molecule has 0 aliphatic heterocycles. The highest BCUT2D eigenvalue weighted by molar-refractivity contribution is 6.05. The summed E-state index contributed by atoms with van der Waals surface area (Å²) < 4.78 is 0. The molecular weight excluding hydrogens is 346 g/mol. The maximum Gasteiger partial charge on any atom is 0.337 e. The molecule has 8 heteroatoms. The number of imidazole rings is 1. The summed E-state index contributed by atoms with van der Waals surface area (Å²) in [6.07, 6.45) is 1.32. The second-order valence-corrected chi connectivity index (χ2v) is 5.70. The van der Waals surface area contributed by atoms with Crippen molar-refractivity contribution in [1.82, 2.24) is 19.9 Å². The third kappa shape index (κ3) is 3.23. The number of fused-ring (bicyclic) bond motifs is 1. The molecule has 1 amide bonds. The van der Waals surface area contributed by atoms with E-state index in [4.69, 9.17) is 0 Å². The number of nitrogens with one attached hydrogen (secondary N) is 2. The van der Waals surface area contributed by atoms with Gasteiger partial charge in [-0.15, -0.1) is 0 Å². The van der Waals surface area contributed by atoms with Crippen molar-refractivity contribution in [3.8, 4) is 11.3 Å². The van der Waals surface area contributed by atoms with Gasteiger partial charge in [0.05, 0.1) is 16.8 Å². The van der Waals surface area contributed by atoms with Crippen LogP contribution in [0.3, 0.4) is 0 Å². The van der Waals surface area contributed by atoms with Gasteiger partial charge < -0.3 is 10.1 Å². The van der Waals surface area contributed by atoms with Crippen molar-refractivity contribution < 1.29 is 14.7 Å². The van der Waals surface area contributed by atoms with E-state index in [1.165, 1.54) is 12.4 Å². The van der Waals surface area contributed by atoms with Gasteiger partial charge in [0.2, 0.25) is 5.95 Å². The van der Waals surface area contributed by atoms with Crippen LogP contribution < -0.4 is 5.32 Å². The number of hydrogen-bond donors (Lipinski definition) is 3. The topological polar surface area (TPSA) is 121 Å². The second-order valence-electron chi connectivity index (χ2n) is 5.70. The minimum absolute atomic E-state index is 0.0534. The number of para-hydroxylation sites is 1. The number of amides is 1. The Labute approximate surface area is 152 Å². The molecule has 2 aromatic heterocycles. The van der Waals surface area contributed by atoms with Crippen LogP contribution >= 0.6 is 0 Å². The molecular formula is C19H13N5O3. The van der Waals surface area contributed by atoms with E-state index in [1.54, 1.807) is 18.2 Å². The molecule has 0 spiro atoms. The molecule has 4 aromatic rings. The van der Waals surface area contributed by atoms with Crippen LogP contribution in [0.1, 0.15) is 20.8 Å². The molecule has 4 rings (SSSR count). The number of carbonyl (C=O) groups is 2. The van der Waals surface area contributed by atoms with Crippen molar-refractivity contribution in [3.05, 3.63) is 72.2 Å². The largest absolute Gasteiger partial charge is 0.478 e. The lowest BCUT2D eigenvalue weighted by atomic mass is 10.1. The SMILES string of the molecule is O=C(Nc1nc2c(C(=O)O)cccc2[nH]1)c1cc(-c2ccccc2)ncn1. The van der Waals surface area contributed by atoms with Gasteiger partial charge in [0.25, 0.3) is 5.91 Å². The fourth-order valence-corrected chi connectivity index (χ4v) is 2.68. The number of benzene rings is 2. The zero-order valence-corrected chi connectivity index (χ0v) is 13.9. The molecule has 0 fully saturated rings.